The molecule has 1 aliphatic carbocycles. The summed E-state index contributed by atoms with van der Waals surface area (Å²) in [7, 11) is -4.32. The van der Waals surface area contributed by atoms with Crippen LogP contribution < -0.4 is 13.8 Å². The van der Waals surface area contributed by atoms with Crippen LogP contribution in [0.2, 0.25) is 0 Å². The fraction of sp³-hybridized carbons (Fsp3) is 0.412. The van der Waals surface area contributed by atoms with Crippen LogP contribution >= 0.6 is 0 Å². The van der Waals surface area contributed by atoms with Crippen LogP contribution in [-0.2, 0) is 45.8 Å². The third-order valence-corrected chi connectivity index (χ3v) is 10.1. The number of aryl methyl sites for hydroxylation is 1. The van der Waals surface area contributed by atoms with Crippen molar-refractivity contribution in [1.82, 2.24) is 9.62 Å². The molecule has 0 radical (unpaired) electrons. The van der Waals surface area contributed by atoms with Crippen molar-refractivity contribution in [3.05, 3.63) is 94.8 Å². The summed E-state index contributed by atoms with van der Waals surface area (Å²) >= 11 is 0. The van der Waals surface area contributed by atoms with Gasteiger partial charge in [0.05, 0.1) is 0 Å². The van der Waals surface area contributed by atoms with Gasteiger partial charge >= 0.3 is 16.3 Å². The van der Waals surface area contributed by atoms with E-state index in [0.717, 1.165) is 34.7 Å². The van der Waals surface area contributed by atoms with Gasteiger partial charge in [0, 0.05) is 12.6 Å². The SMILES string of the molecule is CCC(CC)CCN(C(=O)OCc1ccccc1)[C@@H]1CCc2cc(OCc3ccccc3)c(N3CC(=O)NS3(=O)=O)c(F)c2C1. The van der Waals surface area contributed by atoms with E-state index in [4.69, 9.17) is 9.47 Å². The van der Waals surface area contributed by atoms with Crippen LogP contribution in [0.15, 0.2) is 66.7 Å². The molecule has 0 bridgehead atoms. The fourth-order valence-electron chi connectivity index (χ4n) is 6.04. The number of rotatable bonds is 12. The standard InChI is InChI=1S/C34H40FN3O6S/c1-3-24(4-2)17-18-37(34(40)44-23-26-13-9-6-10-14-26)28-16-15-27-19-30(43-22-25-11-7-5-8-12-25)33(32(35)29(27)20-28)38-21-31(39)36-45(38,41)42/h5-14,19,24,28H,3-4,15-18,20-23H2,1-2H3,(H,36,39)/t28-/m1/s1. The van der Waals surface area contributed by atoms with Crippen molar-refractivity contribution < 1.29 is 31.9 Å². The molecule has 0 aromatic heterocycles. The summed E-state index contributed by atoms with van der Waals surface area (Å²) in [4.78, 5) is 27.4. The molecule has 3 aromatic carbocycles. The number of hydrogen-bond donors (Lipinski definition) is 1. The highest BCUT2D eigenvalue weighted by molar-refractivity contribution is 7.92. The lowest BCUT2D eigenvalue weighted by Crippen LogP contribution is -2.45. The van der Waals surface area contributed by atoms with E-state index in [9.17, 15) is 18.0 Å². The van der Waals surface area contributed by atoms with E-state index < -0.39 is 34.6 Å². The molecule has 9 nitrogen and oxygen atoms in total. The Morgan fingerprint density at radius 2 is 1.69 bits per heavy atom. The quantitative estimate of drug-likeness (QED) is 0.265. The molecule has 1 heterocycles. The minimum Gasteiger partial charge on any atom is -0.487 e. The minimum absolute atomic E-state index is 0.0430. The first kappa shape index (κ1) is 32.3. The number of hydrogen-bond acceptors (Lipinski definition) is 6. The van der Waals surface area contributed by atoms with Crippen molar-refractivity contribution in [2.24, 2.45) is 5.92 Å². The van der Waals surface area contributed by atoms with E-state index in [-0.39, 0.29) is 37.1 Å². The molecule has 1 saturated heterocycles. The van der Waals surface area contributed by atoms with Crippen molar-refractivity contribution >= 4 is 27.9 Å². The minimum atomic E-state index is -4.32. The van der Waals surface area contributed by atoms with Gasteiger partial charge < -0.3 is 14.4 Å². The Morgan fingerprint density at radius 1 is 1.04 bits per heavy atom. The first-order valence-electron chi connectivity index (χ1n) is 15.5. The maximum Gasteiger partial charge on any atom is 0.410 e. The van der Waals surface area contributed by atoms with E-state index in [1.54, 1.807) is 11.0 Å². The zero-order valence-electron chi connectivity index (χ0n) is 25.7. The smallest absolute Gasteiger partial charge is 0.410 e. The van der Waals surface area contributed by atoms with Gasteiger partial charge in [0.2, 0.25) is 0 Å². The van der Waals surface area contributed by atoms with Gasteiger partial charge in [0.25, 0.3) is 5.91 Å². The van der Waals surface area contributed by atoms with Crippen LogP contribution in [0.1, 0.15) is 61.8 Å². The van der Waals surface area contributed by atoms with Crippen molar-refractivity contribution in [3.8, 4) is 5.75 Å². The predicted molar refractivity (Wildman–Crippen MR) is 169 cm³/mol. The molecule has 0 spiro atoms. The third-order valence-electron chi connectivity index (χ3n) is 8.71. The Bertz CT molecular complexity index is 1600. The molecular weight excluding hydrogens is 597 g/mol. The van der Waals surface area contributed by atoms with Gasteiger partial charge in [-0.3, -0.25) is 4.79 Å². The molecule has 240 valence electrons. The van der Waals surface area contributed by atoms with Crippen LogP contribution in [0.25, 0.3) is 0 Å². The van der Waals surface area contributed by atoms with Crippen LogP contribution in [-0.4, -0.2) is 44.4 Å². The zero-order valence-corrected chi connectivity index (χ0v) is 26.5. The molecule has 5 rings (SSSR count). The highest BCUT2D eigenvalue weighted by atomic mass is 32.2. The zero-order chi connectivity index (χ0) is 32.0. The Kier molecular flexibility index (Phi) is 10.3. The van der Waals surface area contributed by atoms with Gasteiger partial charge in [-0.1, -0.05) is 87.4 Å². The van der Waals surface area contributed by atoms with Crippen molar-refractivity contribution in [3.63, 3.8) is 0 Å². The van der Waals surface area contributed by atoms with Crippen LogP contribution in [0.4, 0.5) is 14.9 Å². The lowest BCUT2D eigenvalue weighted by molar-refractivity contribution is -0.117. The molecule has 0 unspecified atom stereocenters. The molecule has 1 atom stereocenters. The highest BCUT2D eigenvalue weighted by Gasteiger charge is 2.40. The molecule has 3 aromatic rings. The van der Waals surface area contributed by atoms with Gasteiger partial charge in [-0.2, -0.15) is 8.42 Å². The number of fused-ring (bicyclic) bond motifs is 1. The summed E-state index contributed by atoms with van der Waals surface area (Å²) in [6.07, 6.45) is 3.50. The summed E-state index contributed by atoms with van der Waals surface area (Å²) in [5.41, 5.74) is 2.38. The number of benzene rings is 3. The second kappa shape index (κ2) is 14.3. The summed E-state index contributed by atoms with van der Waals surface area (Å²) in [6.45, 7) is 4.37. The number of nitrogens with zero attached hydrogens (tertiary/aromatic N) is 2. The summed E-state index contributed by atoms with van der Waals surface area (Å²) in [6, 6.07) is 20.0. The van der Waals surface area contributed by atoms with E-state index >= 15 is 4.39 Å². The molecular formula is C34H40FN3O6S. The summed E-state index contributed by atoms with van der Waals surface area (Å²) in [5.74, 6) is -1.05. The number of halogens is 1. The first-order valence-corrected chi connectivity index (χ1v) is 17.0. The number of ether oxygens (including phenoxy) is 2. The predicted octanol–water partition coefficient (Wildman–Crippen LogP) is 5.91. The summed E-state index contributed by atoms with van der Waals surface area (Å²) < 4.78 is 56.8. The highest BCUT2D eigenvalue weighted by Crippen LogP contribution is 2.41. The van der Waals surface area contributed by atoms with Gasteiger partial charge in [0.15, 0.2) is 5.82 Å². The van der Waals surface area contributed by atoms with E-state index in [2.05, 4.69) is 13.8 Å². The number of nitrogens with one attached hydrogen (secondary N) is 1. The normalized spacial score (nSPS) is 17.1. The van der Waals surface area contributed by atoms with Gasteiger partial charge in [-0.05, 0) is 59.9 Å². The van der Waals surface area contributed by atoms with E-state index in [0.29, 0.717) is 36.4 Å². The van der Waals surface area contributed by atoms with Crippen LogP contribution in [0, 0.1) is 11.7 Å². The van der Waals surface area contributed by atoms with Crippen molar-refractivity contribution in [2.75, 3.05) is 17.4 Å². The van der Waals surface area contributed by atoms with Crippen LogP contribution in [0.3, 0.4) is 0 Å². The van der Waals surface area contributed by atoms with Gasteiger partial charge in [0.1, 0.15) is 31.2 Å². The van der Waals surface area contributed by atoms with Gasteiger partial charge in [-0.25, -0.2) is 18.2 Å². The maximum absolute atomic E-state index is 16.6. The Hall–Kier alpha value is -4.12. The van der Waals surface area contributed by atoms with E-state index in [1.165, 1.54) is 0 Å². The number of anilines is 1. The lowest BCUT2D eigenvalue weighted by atomic mass is 9.86. The van der Waals surface area contributed by atoms with Crippen LogP contribution in [0.5, 0.6) is 5.75 Å². The van der Waals surface area contributed by atoms with Gasteiger partial charge in [-0.15, -0.1) is 0 Å². The van der Waals surface area contributed by atoms with Crippen molar-refractivity contribution in [2.45, 2.75) is 71.6 Å². The topological polar surface area (TPSA) is 105 Å². The fourth-order valence-corrected chi connectivity index (χ4v) is 7.20. The molecule has 1 fully saturated rings. The summed E-state index contributed by atoms with van der Waals surface area (Å²) in [5, 5.41) is 0. The molecule has 2 amide bonds. The maximum atomic E-state index is 16.6. The average molecular weight is 638 g/mol. The first-order chi connectivity index (χ1) is 21.7. The van der Waals surface area contributed by atoms with Crippen molar-refractivity contribution in [1.29, 1.82) is 0 Å². The Labute approximate surface area is 264 Å². The largest absolute Gasteiger partial charge is 0.487 e. The lowest BCUT2D eigenvalue weighted by Gasteiger charge is -2.36. The molecule has 1 N–H and O–H groups in total. The monoisotopic (exact) mass is 637 g/mol. The molecule has 1 aliphatic heterocycles. The molecule has 11 heteroatoms. The number of carbonyl (C=O) groups excluding carboxylic acids is 2. The number of amides is 2. The average Bonchev–Trinajstić information content (AvgIpc) is 3.32. The third kappa shape index (κ3) is 7.58. The molecule has 0 saturated carbocycles. The second-order valence-electron chi connectivity index (χ2n) is 11.6. The Morgan fingerprint density at radius 3 is 2.29 bits per heavy atom. The van der Waals surface area contributed by atoms with E-state index in [1.807, 2.05) is 65.4 Å². The number of carbonyl (C=O) groups is 2. The molecule has 45 heavy (non-hydrogen) atoms. The molecule has 2 aliphatic rings. The Balaban J connectivity index is 1.45. The second-order valence-corrected chi connectivity index (χ2v) is 13.2.